The number of amides is 2. The minimum atomic E-state index is -0.890. The molecule has 3 heterocycles. The third kappa shape index (κ3) is 10.4. The van der Waals surface area contributed by atoms with Crippen molar-refractivity contribution in [2.24, 2.45) is 5.92 Å². The summed E-state index contributed by atoms with van der Waals surface area (Å²) < 4.78 is 11.8. The van der Waals surface area contributed by atoms with Crippen molar-refractivity contribution in [3.8, 4) is 22.6 Å². The van der Waals surface area contributed by atoms with Crippen LogP contribution in [-0.4, -0.2) is 89.0 Å². The Morgan fingerprint density at radius 3 is 2.39 bits per heavy atom. The second-order valence-electron chi connectivity index (χ2n) is 14.9. The molecule has 0 spiro atoms. The molecule has 1 atom stereocenters. The molecule has 0 bridgehead atoms. The summed E-state index contributed by atoms with van der Waals surface area (Å²) in [5.41, 5.74) is 4.13. The zero-order valence-electron chi connectivity index (χ0n) is 32.1. The third-order valence-corrected chi connectivity index (χ3v) is 11.1. The molecule has 0 unspecified atom stereocenters. The molecule has 2 fully saturated rings. The SMILES string of the molecule is O=C(Nc1ccccc1-c1ccccc1)OC1CCN(CCC2CCN(C(=O)COc3ccccc3CNC[C@@H](O)c3ccc(O)c4[nH]c(=O)ccc34)CC2)CC1. The normalized spacial score (nSPS) is 16.0. The highest BCUT2D eigenvalue weighted by Crippen LogP contribution is 2.30. The number of phenolic OH excluding ortho intramolecular Hbond substituents is 1. The van der Waals surface area contributed by atoms with Gasteiger partial charge in [-0.1, -0.05) is 72.8 Å². The summed E-state index contributed by atoms with van der Waals surface area (Å²) >= 11 is 0. The smallest absolute Gasteiger partial charge is 0.411 e. The number of carbonyl (C=O) groups excluding carboxylic acids is 2. The van der Waals surface area contributed by atoms with Crippen LogP contribution in [0.15, 0.2) is 108 Å². The van der Waals surface area contributed by atoms with E-state index in [0.717, 1.165) is 74.1 Å². The second-order valence-corrected chi connectivity index (χ2v) is 14.9. The number of ether oxygens (including phenoxy) is 2. The molecule has 4 aromatic carbocycles. The minimum Gasteiger partial charge on any atom is -0.506 e. The lowest BCUT2D eigenvalue weighted by Gasteiger charge is -2.35. The summed E-state index contributed by atoms with van der Waals surface area (Å²) in [6, 6.07) is 31.3. The maximum absolute atomic E-state index is 13.2. The van der Waals surface area contributed by atoms with Crippen molar-refractivity contribution in [1.29, 1.82) is 0 Å². The second kappa shape index (κ2) is 19.0. The first-order valence-electron chi connectivity index (χ1n) is 19.9. The molecule has 298 valence electrons. The molecule has 2 aliphatic heterocycles. The van der Waals surface area contributed by atoms with Crippen LogP contribution < -0.4 is 20.9 Å². The number of nitrogens with zero attached hydrogens (tertiary/aromatic N) is 2. The first-order valence-corrected chi connectivity index (χ1v) is 19.9. The number of pyridine rings is 1. The molecule has 7 rings (SSSR count). The van der Waals surface area contributed by atoms with Gasteiger partial charge in [0.25, 0.3) is 5.91 Å². The average Bonchev–Trinajstić information content (AvgIpc) is 3.24. The van der Waals surface area contributed by atoms with Crippen LogP contribution in [0.2, 0.25) is 0 Å². The molecule has 2 aliphatic rings. The number of rotatable bonds is 14. The molecule has 0 radical (unpaired) electrons. The highest BCUT2D eigenvalue weighted by atomic mass is 16.6. The van der Waals surface area contributed by atoms with Gasteiger partial charge in [-0.2, -0.15) is 0 Å². The van der Waals surface area contributed by atoms with Gasteiger partial charge < -0.3 is 39.8 Å². The lowest BCUT2D eigenvalue weighted by atomic mass is 9.93. The number of hydrogen-bond donors (Lipinski definition) is 5. The molecule has 12 heteroatoms. The Kier molecular flexibility index (Phi) is 13.2. The number of aromatic amines is 1. The largest absolute Gasteiger partial charge is 0.506 e. The number of nitrogens with one attached hydrogen (secondary N) is 3. The number of aromatic hydroxyl groups is 1. The first-order chi connectivity index (χ1) is 27.8. The molecular formula is C45H51N5O7. The lowest BCUT2D eigenvalue weighted by Crippen LogP contribution is -2.42. The Hall–Kier alpha value is -5.69. The summed E-state index contributed by atoms with van der Waals surface area (Å²) in [5.74, 6) is 1.08. The van der Waals surface area contributed by atoms with E-state index >= 15 is 0 Å². The quantitative estimate of drug-likeness (QED) is 0.0857. The van der Waals surface area contributed by atoms with Gasteiger partial charge in [-0.05, 0) is 80.0 Å². The standard InChI is InChI=1S/C45H51N5O7/c51-39-16-14-36(37-15-17-42(53)48-44(37)39)40(52)29-46-28-33-10-4-7-13-41(33)56-30-43(54)50-26-19-31(20-27-50)18-23-49-24-21-34(22-25-49)57-45(55)47-38-12-6-5-11-35(38)32-8-2-1-3-9-32/h1-17,31,34,40,46,51-52H,18-30H2,(H,47,55)(H,48,53)/t40-/m1/s1. The number of aliphatic hydroxyl groups excluding tert-OH is 1. The van der Waals surface area contributed by atoms with Crippen molar-refractivity contribution in [2.75, 3.05) is 51.2 Å². The molecule has 1 aromatic heterocycles. The fraction of sp³-hybridized carbons (Fsp3) is 0.356. The fourth-order valence-corrected chi connectivity index (χ4v) is 7.86. The number of H-pyrrole nitrogens is 1. The van der Waals surface area contributed by atoms with Gasteiger partial charge in [0.05, 0.1) is 17.3 Å². The van der Waals surface area contributed by atoms with Crippen molar-refractivity contribution in [2.45, 2.75) is 50.9 Å². The Balaban J connectivity index is 0.788. The van der Waals surface area contributed by atoms with Crippen molar-refractivity contribution >= 4 is 28.6 Å². The Bertz CT molecular complexity index is 2180. The predicted molar refractivity (Wildman–Crippen MR) is 220 cm³/mol. The van der Waals surface area contributed by atoms with Crippen LogP contribution in [0.3, 0.4) is 0 Å². The van der Waals surface area contributed by atoms with Crippen LogP contribution in [0, 0.1) is 5.92 Å². The van der Waals surface area contributed by atoms with Gasteiger partial charge in [0.1, 0.15) is 17.6 Å². The lowest BCUT2D eigenvalue weighted by molar-refractivity contribution is -0.134. The number of likely N-dealkylation sites (tertiary alicyclic amines) is 2. The molecular weight excluding hydrogens is 723 g/mol. The van der Waals surface area contributed by atoms with Crippen molar-refractivity contribution in [3.05, 3.63) is 125 Å². The van der Waals surface area contributed by atoms with Crippen LogP contribution in [-0.2, 0) is 16.1 Å². The van der Waals surface area contributed by atoms with Crippen molar-refractivity contribution in [3.63, 3.8) is 0 Å². The summed E-state index contributed by atoms with van der Waals surface area (Å²) in [4.78, 5) is 44.7. The number of aliphatic hydroxyl groups is 1. The van der Waals surface area contributed by atoms with E-state index in [9.17, 15) is 24.6 Å². The summed E-state index contributed by atoms with van der Waals surface area (Å²) in [7, 11) is 0. The van der Waals surface area contributed by atoms with Gasteiger partial charge in [0.2, 0.25) is 5.56 Å². The maximum atomic E-state index is 13.2. The van der Waals surface area contributed by atoms with Crippen molar-refractivity contribution < 1.29 is 29.3 Å². The highest BCUT2D eigenvalue weighted by Gasteiger charge is 2.26. The molecule has 2 amide bonds. The summed E-state index contributed by atoms with van der Waals surface area (Å²) in [6.45, 7) is 4.80. The van der Waals surface area contributed by atoms with Crippen LogP contribution >= 0.6 is 0 Å². The maximum Gasteiger partial charge on any atom is 0.411 e. The molecule has 5 aromatic rings. The number of piperidine rings is 2. The van der Waals surface area contributed by atoms with E-state index < -0.39 is 12.2 Å². The fourth-order valence-electron chi connectivity index (χ4n) is 7.86. The molecule has 0 aliphatic carbocycles. The molecule has 57 heavy (non-hydrogen) atoms. The van der Waals surface area contributed by atoms with E-state index in [1.807, 2.05) is 83.8 Å². The third-order valence-electron chi connectivity index (χ3n) is 11.1. The number of anilines is 1. The molecule has 12 nitrogen and oxygen atoms in total. The Labute approximate surface area is 332 Å². The van der Waals surface area contributed by atoms with Crippen LogP contribution in [0.25, 0.3) is 22.0 Å². The predicted octanol–water partition coefficient (Wildman–Crippen LogP) is 6.44. The van der Waals surface area contributed by atoms with E-state index in [0.29, 0.717) is 42.3 Å². The van der Waals surface area contributed by atoms with Gasteiger partial charge in [0.15, 0.2) is 6.61 Å². The van der Waals surface area contributed by atoms with Crippen molar-refractivity contribution in [1.82, 2.24) is 20.1 Å². The number of benzene rings is 4. The van der Waals surface area contributed by atoms with E-state index in [2.05, 4.69) is 20.5 Å². The number of para-hydroxylation sites is 2. The van der Waals surface area contributed by atoms with E-state index in [4.69, 9.17) is 9.47 Å². The molecule has 0 saturated carbocycles. The van der Waals surface area contributed by atoms with E-state index in [1.54, 1.807) is 12.1 Å². The van der Waals surface area contributed by atoms with Gasteiger partial charge in [-0.25, -0.2) is 4.79 Å². The number of fused-ring (bicyclic) bond motifs is 1. The summed E-state index contributed by atoms with van der Waals surface area (Å²) in [5, 5.41) is 27.9. The Morgan fingerprint density at radius 2 is 1.58 bits per heavy atom. The van der Waals surface area contributed by atoms with Crippen LogP contribution in [0.4, 0.5) is 10.5 Å². The van der Waals surface area contributed by atoms with E-state index in [-0.39, 0.29) is 42.0 Å². The summed E-state index contributed by atoms with van der Waals surface area (Å²) in [6.07, 6.45) is 3.21. The monoisotopic (exact) mass is 773 g/mol. The van der Waals surface area contributed by atoms with E-state index in [1.165, 1.54) is 12.1 Å². The number of carbonyl (C=O) groups is 2. The number of hydrogen-bond acceptors (Lipinski definition) is 9. The number of phenols is 1. The van der Waals surface area contributed by atoms with Gasteiger partial charge >= 0.3 is 6.09 Å². The number of aromatic nitrogens is 1. The molecule has 2 saturated heterocycles. The topological polar surface area (TPSA) is 156 Å². The first kappa shape index (κ1) is 39.5. The Morgan fingerprint density at radius 1 is 0.842 bits per heavy atom. The van der Waals surface area contributed by atoms with Gasteiger partial charge in [-0.15, -0.1) is 0 Å². The van der Waals surface area contributed by atoms with Crippen LogP contribution in [0.1, 0.15) is 49.3 Å². The van der Waals surface area contributed by atoms with Gasteiger partial charge in [-0.3, -0.25) is 14.9 Å². The highest BCUT2D eigenvalue weighted by molar-refractivity contribution is 5.91. The zero-order chi connectivity index (χ0) is 39.6. The minimum absolute atomic E-state index is 0.0291. The van der Waals surface area contributed by atoms with Gasteiger partial charge in [0, 0.05) is 61.8 Å². The molecule has 5 N–H and O–H groups in total. The van der Waals surface area contributed by atoms with Crippen LogP contribution in [0.5, 0.6) is 11.5 Å². The zero-order valence-corrected chi connectivity index (χ0v) is 32.1. The average molecular weight is 774 g/mol.